The van der Waals surface area contributed by atoms with Gasteiger partial charge in [-0.05, 0) is 36.5 Å². The first kappa shape index (κ1) is 13.9. The highest BCUT2D eigenvalue weighted by atomic mass is 16.6. The van der Waals surface area contributed by atoms with E-state index in [2.05, 4.69) is 6.92 Å². The second-order valence-electron chi connectivity index (χ2n) is 6.74. The van der Waals surface area contributed by atoms with Gasteiger partial charge in [-0.2, -0.15) is 0 Å². The smallest absolute Gasteiger partial charge is 0.0939 e. The van der Waals surface area contributed by atoms with Gasteiger partial charge < -0.3 is 25.1 Å². The average Bonchev–Trinajstić information content (AvgIpc) is 3.26. The predicted octanol–water partition coefficient (Wildman–Crippen LogP) is 0.668. The molecule has 3 aliphatic heterocycles. The molecule has 5 unspecified atom stereocenters. The Bertz CT molecular complexity index is 502. The molecule has 4 aliphatic rings. The minimum absolute atomic E-state index is 0.252. The molecule has 0 aromatic rings. The summed E-state index contributed by atoms with van der Waals surface area (Å²) in [6.07, 6.45) is 4.56. The number of hydrogen-bond acceptors (Lipinski definition) is 5. The van der Waals surface area contributed by atoms with E-state index in [1.54, 1.807) is 0 Å². The van der Waals surface area contributed by atoms with Crippen LogP contribution >= 0.6 is 0 Å². The number of ether oxygens (including phenoxy) is 3. The van der Waals surface area contributed by atoms with Crippen molar-refractivity contribution < 1.29 is 19.3 Å². The third-order valence-corrected chi connectivity index (χ3v) is 5.09. The maximum absolute atomic E-state index is 10.5. The van der Waals surface area contributed by atoms with Gasteiger partial charge in [0.25, 0.3) is 0 Å². The Labute approximate surface area is 124 Å². The van der Waals surface area contributed by atoms with Gasteiger partial charge in [0.1, 0.15) is 0 Å². The Kier molecular flexibility index (Phi) is 3.24. The largest absolute Gasteiger partial charge is 0.385 e. The summed E-state index contributed by atoms with van der Waals surface area (Å²) in [5.74, 6) is 0. The lowest BCUT2D eigenvalue weighted by Crippen LogP contribution is -2.48. The molecule has 116 valence electrons. The van der Waals surface area contributed by atoms with Gasteiger partial charge in [0.2, 0.25) is 0 Å². The monoisotopic (exact) mass is 293 g/mol. The Balaban J connectivity index is 1.63. The van der Waals surface area contributed by atoms with E-state index in [0.29, 0.717) is 0 Å². The molecule has 0 aromatic heterocycles. The first-order chi connectivity index (χ1) is 10.1. The maximum Gasteiger partial charge on any atom is 0.0939 e. The Morgan fingerprint density at radius 3 is 2.29 bits per heavy atom. The van der Waals surface area contributed by atoms with Gasteiger partial charge in [-0.1, -0.05) is 6.08 Å². The van der Waals surface area contributed by atoms with Crippen LogP contribution in [0.1, 0.15) is 26.2 Å². The van der Waals surface area contributed by atoms with Crippen LogP contribution in [-0.4, -0.2) is 54.9 Å². The first-order valence-corrected chi connectivity index (χ1v) is 7.79. The van der Waals surface area contributed by atoms with Crippen LogP contribution in [0, 0.1) is 0 Å². The summed E-state index contributed by atoms with van der Waals surface area (Å²) in [7, 11) is 0. The van der Waals surface area contributed by atoms with E-state index in [1.165, 1.54) is 0 Å². The molecule has 5 heteroatoms. The van der Waals surface area contributed by atoms with Crippen LogP contribution in [-0.2, 0) is 14.2 Å². The van der Waals surface area contributed by atoms with Gasteiger partial charge in [0.15, 0.2) is 0 Å². The molecule has 4 rings (SSSR count). The minimum Gasteiger partial charge on any atom is -0.385 e. The van der Waals surface area contributed by atoms with Crippen molar-refractivity contribution in [3.63, 3.8) is 0 Å². The van der Waals surface area contributed by atoms with Crippen molar-refractivity contribution in [2.75, 3.05) is 19.8 Å². The SMILES string of the molecule is CC1=C(CC2CO2)C(O)C=C(CC2CO2)C1(N)CC1CO1. The van der Waals surface area contributed by atoms with Crippen molar-refractivity contribution in [3.05, 3.63) is 22.8 Å². The lowest BCUT2D eigenvalue weighted by atomic mass is 9.71. The molecule has 0 radical (unpaired) electrons. The van der Waals surface area contributed by atoms with Crippen LogP contribution in [0.5, 0.6) is 0 Å². The fourth-order valence-electron chi connectivity index (χ4n) is 3.40. The van der Waals surface area contributed by atoms with Crippen LogP contribution in [0.2, 0.25) is 0 Å². The van der Waals surface area contributed by atoms with E-state index in [1.807, 2.05) is 6.08 Å². The zero-order valence-corrected chi connectivity index (χ0v) is 12.4. The van der Waals surface area contributed by atoms with Gasteiger partial charge in [0, 0.05) is 6.42 Å². The van der Waals surface area contributed by atoms with Crippen molar-refractivity contribution in [1.29, 1.82) is 0 Å². The number of hydrogen-bond donors (Lipinski definition) is 2. The van der Waals surface area contributed by atoms with E-state index in [4.69, 9.17) is 19.9 Å². The van der Waals surface area contributed by atoms with E-state index >= 15 is 0 Å². The van der Waals surface area contributed by atoms with Crippen molar-refractivity contribution in [2.45, 2.75) is 56.1 Å². The lowest BCUT2D eigenvalue weighted by Gasteiger charge is -2.39. The van der Waals surface area contributed by atoms with Crippen molar-refractivity contribution in [2.24, 2.45) is 5.73 Å². The second kappa shape index (κ2) is 4.89. The van der Waals surface area contributed by atoms with Crippen LogP contribution in [0.4, 0.5) is 0 Å². The number of nitrogens with two attached hydrogens (primary N) is 1. The molecular formula is C16H23NO4. The van der Waals surface area contributed by atoms with E-state index < -0.39 is 11.6 Å². The molecule has 3 fully saturated rings. The quantitative estimate of drug-likeness (QED) is 0.555. The molecule has 5 atom stereocenters. The van der Waals surface area contributed by atoms with Crippen LogP contribution in [0.3, 0.4) is 0 Å². The molecule has 0 saturated carbocycles. The van der Waals surface area contributed by atoms with Gasteiger partial charge >= 0.3 is 0 Å². The van der Waals surface area contributed by atoms with Gasteiger partial charge in [-0.25, -0.2) is 0 Å². The molecule has 3 saturated heterocycles. The van der Waals surface area contributed by atoms with Crippen LogP contribution in [0.15, 0.2) is 22.8 Å². The maximum atomic E-state index is 10.5. The normalized spacial score (nSPS) is 44.6. The second-order valence-corrected chi connectivity index (χ2v) is 6.74. The predicted molar refractivity (Wildman–Crippen MR) is 76.8 cm³/mol. The third-order valence-electron chi connectivity index (χ3n) is 5.09. The van der Waals surface area contributed by atoms with Gasteiger partial charge in [-0.15, -0.1) is 0 Å². The molecular weight excluding hydrogens is 270 g/mol. The molecule has 5 nitrogen and oxygen atoms in total. The van der Waals surface area contributed by atoms with Crippen LogP contribution in [0.25, 0.3) is 0 Å². The number of rotatable bonds is 6. The van der Waals surface area contributed by atoms with Crippen molar-refractivity contribution in [1.82, 2.24) is 0 Å². The fraction of sp³-hybridized carbons (Fsp3) is 0.750. The van der Waals surface area contributed by atoms with Gasteiger partial charge in [0.05, 0.1) is 49.8 Å². The average molecular weight is 293 g/mol. The van der Waals surface area contributed by atoms with E-state index in [0.717, 1.165) is 55.8 Å². The van der Waals surface area contributed by atoms with Crippen molar-refractivity contribution in [3.8, 4) is 0 Å². The molecule has 0 bridgehead atoms. The highest BCUT2D eigenvalue weighted by Gasteiger charge is 2.45. The lowest BCUT2D eigenvalue weighted by molar-refractivity contribution is 0.235. The molecule has 21 heavy (non-hydrogen) atoms. The Hall–Kier alpha value is -0.720. The standard InChI is InChI=1S/C16H23NO4/c1-9-14(4-12-7-20-12)15(18)3-10(2-11-6-19-11)16(9,17)5-13-8-21-13/h3,11-13,15,18H,2,4-8,17H2,1H3. The summed E-state index contributed by atoms with van der Waals surface area (Å²) >= 11 is 0. The number of aliphatic hydroxyl groups is 1. The summed E-state index contributed by atoms with van der Waals surface area (Å²) in [6, 6.07) is 0. The zero-order chi connectivity index (χ0) is 14.6. The summed E-state index contributed by atoms with van der Waals surface area (Å²) in [5, 5.41) is 10.5. The number of epoxide rings is 3. The zero-order valence-electron chi connectivity index (χ0n) is 12.4. The Morgan fingerprint density at radius 1 is 1.14 bits per heavy atom. The molecule has 0 spiro atoms. The fourth-order valence-corrected chi connectivity index (χ4v) is 3.40. The summed E-state index contributed by atoms with van der Waals surface area (Å²) < 4.78 is 16.1. The summed E-state index contributed by atoms with van der Waals surface area (Å²) in [5.41, 5.74) is 9.52. The molecule has 1 aliphatic carbocycles. The minimum atomic E-state index is -0.542. The Morgan fingerprint density at radius 2 is 1.71 bits per heavy atom. The van der Waals surface area contributed by atoms with E-state index in [9.17, 15) is 5.11 Å². The summed E-state index contributed by atoms with van der Waals surface area (Å²) in [4.78, 5) is 0. The van der Waals surface area contributed by atoms with E-state index in [-0.39, 0.29) is 18.3 Å². The van der Waals surface area contributed by atoms with Crippen LogP contribution < -0.4 is 5.73 Å². The summed E-state index contributed by atoms with van der Waals surface area (Å²) in [6.45, 7) is 4.45. The topological polar surface area (TPSA) is 83.8 Å². The third kappa shape index (κ3) is 2.81. The molecule has 3 heterocycles. The molecule has 0 amide bonds. The highest BCUT2D eigenvalue weighted by molar-refractivity contribution is 5.46. The van der Waals surface area contributed by atoms with Gasteiger partial charge in [-0.3, -0.25) is 0 Å². The highest BCUT2D eigenvalue weighted by Crippen LogP contribution is 2.43. The van der Waals surface area contributed by atoms with Crippen molar-refractivity contribution >= 4 is 0 Å². The molecule has 3 N–H and O–H groups in total. The molecule has 0 aromatic carbocycles. The number of aliphatic hydroxyl groups excluding tert-OH is 1. The first-order valence-electron chi connectivity index (χ1n) is 7.79.